The number of phenolic OH excluding ortho intramolecular Hbond substituents is 1. The third-order valence-corrected chi connectivity index (χ3v) is 2.39. The lowest BCUT2D eigenvalue weighted by molar-refractivity contribution is -0.137. The van der Waals surface area contributed by atoms with E-state index in [2.05, 4.69) is 10.3 Å². The van der Waals surface area contributed by atoms with Crippen LogP contribution in [0.1, 0.15) is 5.56 Å². The average Bonchev–Trinajstić information content (AvgIpc) is 2.33. The van der Waals surface area contributed by atoms with E-state index in [0.717, 1.165) is 6.07 Å². The molecule has 2 aromatic rings. The van der Waals surface area contributed by atoms with Gasteiger partial charge in [-0.1, -0.05) is 0 Å². The van der Waals surface area contributed by atoms with Gasteiger partial charge < -0.3 is 16.2 Å². The van der Waals surface area contributed by atoms with E-state index in [1.54, 1.807) is 0 Å². The molecule has 0 aliphatic heterocycles. The Hall–Kier alpha value is -2.44. The van der Waals surface area contributed by atoms with Gasteiger partial charge in [-0.05, 0) is 30.3 Å². The molecule has 0 unspecified atom stereocenters. The van der Waals surface area contributed by atoms with Crippen LogP contribution in [0.15, 0.2) is 36.5 Å². The van der Waals surface area contributed by atoms with Crippen LogP contribution in [0.25, 0.3) is 0 Å². The summed E-state index contributed by atoms with van der Waals surface area (Å²) in [5, 5.41) is 11.8. The second-order valence-electron chi connectivity index (χ2n) is 3.83. The Morgan fingerprint density at radius 1 is 1.16 bits per heavy atom. The predicted molar refractivity (Wildman–Crippen MR) is 65.0 cm³/mol. The molecule has 4 N–H and O–H groups in total. The fraction of sp³-hybridized carbons (Fsp3) is 0.0833. The monoisotopic (exact) mass is 269 g/mol. The van der Waals surface area contributed by atoms with Gasteiger partial charge >= 0.3 is 6.18 Å². The summed E-state index contributed by atoms with van der Waals surface area (Å²) < 4.78 is 37.6. The highest BCUT2D eigenvalue weighted by Gasteiger charge is 2.31. The van der Waals surface area contributed by atoms with Gasteiger partial charge in [0.15, 0.2) is 0 Å². The lowest BCUT2D eigenvalue weighted by Crippen LogP contribution is -2.08. The first-order valence-corrected chi connectivity index (χ1v) is 5.25. The van der Waals surface area contributed by atoms with Crippen LogP contribution >= 0.6 is 0 Å². The number of nitrogens with one attached hydrogen (secondary N) is 1. The molecule has 0 spiro atoms. The molecule has 0 saturated carbocycles. The first-order chi connectivity index (χ1) is 8.86. The summed E-state index contributed by atoms with van der Waals surface area (Å²) in [6.45, 7) is 0. The Morgan fingerprint density at radius 3 is 2.37 bits per heavy atom. The zero-order valence-corrected chi connectivity index (χ0v) is 9.57. The number of nitrogen functional groups attached to an aromatic ring is 1. The van der Waals surface area contributed by atoms with Crippen molar-refractivity contribution in [3.05, 3.63) is 42.1 Å². The van der Waals surface area contributed by atoms with Crippen LogP contribution in [0.5, 0.6) is 5.75 Å². The van der Waals surface area contributed by atoms with Crippen molar-refractivity contribution in [1.29, 1.82) is 0 Å². The molecule has 0 aliphatic carbocycles. The maximum atomic E-state index is 12.5. The van der Waals surface area contributed by atoms with E-state index in [9.17, 15) is 13.2 Å². The maximum absolute atomic E-state index is 12.5. The number of benzene rings is 1. The largest absolute Gasteiger partial charge is 0.508 e. The normalized spacial score (nSPS) is 11.3. The minimum atomic E-state index is -4.48. The Balaban J connectivity index is 2.31. The number of pyridine rings is 1. The standard InChI is InChI=1S/C12H10F3N3O/c13-12(14,15)7-5-10(11(16)17-6-7)18-8-1-3-9(19)4-2-8/h1-6,18-19H,(H2,16,17). The number of alkyl halides is 3. The fourth-order valence-corrected chi connectivity index (χ4v) is 1.43. The lowest BCUT2D eigenvalue weighted by Gasteiger charge is -2.12. The van der Waals surface area contributed by atoms with Crippen LogP contribution in [0, 0.1) is 0 Å². The molecule has 0 radical (unpaired) electrons. The average molecular weight is 269 g/mol. The molecule has 19 heavy (non-hydrogen) atoms. The molecule has 0 atom stereocenters. The molecule has 1 aromatic heterocycles. The predicted octanol–water partition coefficient (Wildman–Crippen LogP) is 3.13. The molecule has 0 amide bonds. The molecule has 0 saturated heterocycles. The topological polar surface area (TPSA) is 71.2 Å². The van der Waals surface area contributed by atoms with Gasteiger partial charge in [-0.25, -0.2) is 4.98 Å². The van der Waals surface area contributed by atoms with E-state index < -0.39 is 11.7 Å². The van der Waals surface area contributed by atoms with Crippen LogP contribution in [0.2, 0.25) is 0 Å². The Kier molecular flexibility index (Phi) is 3.20. The number of nitrogens with zero attached hydrogens (tertiary/aromatic N) is 1. The third-order valence-electron chi connectivity index (χ3n) is 2.39. The number of hydrogen-bond acceptors (Lipinski definition) is 4. The van der Waals surface area contributed by atoms with Gasteiger partial charge in [-0.3, -0.25) is 0 Å². The van der Waals surface area contributed by atoms with Crippen molar-refractivity contribution in [1.82, 2.24) is 4.98 Å². The van der Waals surface area contributed by atoms with Crippen LogP contribution in [0.4, 0.5) is 30.4 Å². The van der Waals surface area contributed by atoms with Gasteiger partial charge in [-0.2, -0.15) is 13.2 Å². The van der Waals surface area contributed by atoms with Crippen molar-refractivity contribution in [2.24, 2.45) is 0 Å². The van der Waals surface area contributed by atoms with Crippen molar-refractivity contribution >= 4 is 17.2 Å². The second kappa shape index (κ2) is 4.68. The summed E-state index contributed by atoms with van der Waals surface area (Å²) in [5.74, 6) is 0.0155. The lowest BCUT2D eigenvalue weighted by atomic mass is 10.2. The van der Waals surface area contributed by atoms with Gasteiger partial charge in [0.05, 0.1) is 11.3 Å². The molecule has 4 nitrogen and oxygen atoms in total. The van der Waals surface area contributed by atoms with E-state index in [0.29, 0.717) is 11.9 Å². The van der Waals surface area contributed by atoms with Crippen LogP contribution in [-0.4, -0.2) is 10.1 Å². The molecule has 0 fully saturated rings. The van der Waals surface area contributed by atoms with Gasteiger partial charge in [0.2, 0.25) is 0 Å². The Morgan fingerprint density at radius 2 is 1.79 bits per heavy atom. The van der Waals surface area contributed by atoms with Crippen molar-refractivity contribution in [3.8, 4) is 5.75 Å². The van der Waals surface area contributed by atoms with Gasteiger partial charge in [0.1, 0.15) is 11.6 Å². The molecule has 0 aliphatic rings. The smallest absolute Gasteiger partial charge is 0.417 e. The van der Waals surface area contributed by atoms with Gasteiger partial charge in [0, 0.05) is 11.9 Å². The first kappa shape index (κ1) is 13.0. The van der Waals surface area contributed by atoms with E-state index in [4.69, 9.17) is 10.8 Å². The molecule has 0 bridgehead atoms. The molecule has 2 rings (SSSR count). The van der Waals surface area contributed by atoms with Crippen molar-refractivity contribution < 1.29 is 18.3 Å². The first-order valence-electron chi connectivity index (χ1n) is 5.25. The summed E-state index contributed by atoms with van der Waals surface area (Å²) in [4.78, 5) is 3.51. The SMILES string of the molecule is Nc1ncc(C(F)(F)F)cc1Nc1ccc(O)cc1. The highest BCUT2D eigenvalue weighted by atomic mass is 19.4. The second-order valence-corrected chi connectivity index (χ2v) is 3.83. The molecule has 1 heterocycles. The van der Waals surface area contributed by atoms with Gasteiger partial charge in [0.25, 0.3) is 0 Å². The number of aromatic nitrogens is 1. The van der Waals surface area contributed by atoms with Gasteiger partial charge in [-0.15, -0.1) is 0 Å². The Labute approximate surface area is 106 Å². The fourth-order valence-electron chi connectivity index (χ4n) is 1.43. The summed E-state index contributed by atoms with van der Waals surface area (Å²) in [6.07, 6.45) is -3.80. The number of halogens is 3. The minimum Gasteiger partial charge on any atom is -0.508 e. The zero-order chi connectivity index (χ0) is 14.0. The highest BCUT2D eigenvalue weighted by Crippen LogP contribution is 2.32. The highest BCUT2D eigenvalue weighted by molar-refractivity contribution is 5.70. The Bertz CT molecular complexity index is 582. The minimum absolute atomic E-state index is 0.0407. The molecular weight excluding hydrogens is 259 g/mol. The van der Waals surface area contributed by atoms with Crippen molar-refractivity contribution in [2.45, 2.75) is 6.18 Å². The summed E-state index contributed by atoms with van der Waals surface area (Å²) in [5.41, 5.74) is 5.18. The number of aromatic hydroxyl groups is 1. The van der Waals surface area contributed by atoms with Crippen LogP contribution < -0.4 is 11.1 Å². The van der Waals surface area contributed by atoms with E-state index in [1.165, 1.54) is 24.3 Å². The molecule has 100 valence electrons. The molecule has 1 aromatic carbocycles. The van der Waals surface area contributed by atoms with Crippen molar-refractivity contribution in [2.75, 3.05) is 11.1 Å². The maximum Gasteiger partial charge on any atom is 0.417 e. The molecular formula is C12H10F3N3O. The number of anilines is 3. The summed E-state index contributed by atoms with van der Waals surface area (Å²) in [6, 6.07) is 6.71. The summed E-state index contributed by atoms with van der Waals surface area (Å²) in [7, 11) is 0. The van der Waals surface area contributed by atoms with Crippen LogP contribution in [0.3, 0.4) is 0 Å². The molecule has 7 heteroatoms. The van der Waals surface area contributed by atoms with E-state index in [1.807, 2.05) is 0 Å². The zero-order valence-electron chi connectivity index (χ0n) is 9.57. The summed E-state index contributed by atoms with van der Waals surface area (Å²) >= 11 is 0. The van der Waals surface area contributed by atoms with Crippen molar-refractivity contribution in [3.63, 3.8) is 0 Å². The quantitative estimate of drug-likeness (QED) is 0.732. The number of rotatable bonds is 2. The van der Waals surface area contributed by atoms with E-state index >= 15 is 0 Å². The number of nitrogens with two attached hydrogens (primary N) is 1. The third kappa shape index (κ3) is 3.06. The number of phenols is 1. The van der Waals surface area contributed by atoms with E-state index in [-0.39, 0.29) is 17.3 Å². The number of hydrogen-bond donors (Lipinski definition) is 3. The van der Waals surface area contributed by atoms with Crippen LogP contribution in [-0.2, 0) is 6.18 Å².